The van der Waals surface area contributed by atoms with Crippen LogP contribution in [0.1, 0.15) is 21.5 Å². The Labute approximate surface area is 154 Å². The summed E-state index contributed by atoms with van der Waals surface area (Å²) in [5, 5.41) is 2.57. The molecular formula is C21H16F3NO2. The monoisotopic (exact) mass is 371 g/mol. The van der Waals surface area contributed by atoms with Gasteiger partial charge in [0.1, 0.15) is 12.4 Å². The molecule has 27 heavy (non-hydrogen) atoms. The first-order valence-electron chi connectivity index (χ1n) is 8.17. The van der Waals surface area contributed by atoms with Crippen LogP contribution in [-0.2, 0) is 12.8 Å². The van der Waals surface area contributed by atoms with E-state index in [1.54, 1.807) is 24.3 Å². The van der Waals surface area contributed by atoms with Crippen LogP contribution in [0.15, 0.2) is 78.9 Å². The van der Waals surface area contributed by atoms with Crippen LogP contribution in [0.4, 0.5) is 18.9 Å². The van der Waals surface area contributed by atoms with Gasteiger partial charge in [-0.2, -0.15) is 13.2 Å². The summed E-state index contributed by atoms with van der Waals surface area (Å²) in [5.74, 6) is 0.203. The van der Waals surface area contributed by atoms with Crippen LogP contribution in [0.5, 0.6) is 5.75 Å². The number of carbonyl (C=O) groups is 1. The maximum absolute atomic E-state index is 12.6. The fourth-order valence-electron chi connectivity index (χ4n) is 2.39. The van der Waals surface area contributed by atoms with Crippen molar-refractivity contribution in [1.29, 1.82) is 0 Å². The minimum atomic E-state index is -4.40. The second-order valence-electron chi connectivity index (χ2n) is 5.83. The van der Waals surface area contributed by atoms with E-state index < -0.39 is 17.6 Å². The van der Waals surface area contributed by atoms with Crippen molar-refractivity contribution in [3.05, 3.63) is 95.6 Å². The summed E-state index contributed by atoms with van der Waals surface area (Å²) in [7, 11) is 0. The molecule has 0 saturated carbocycles. The van der Waals surface area contributed by atoms with E-state index in [-0.39, 0.29) is 5.69 Å². The molecule has 6 heteroatoms. The first-order chi connectivity index (χ1) is 12.9. The van der Waals surface area contributed by atoms with Crippen molar-refractivity contribution in [1.82, 2.24) is 0 Å². The summed E-state index contributed by atoms with van der Waals surface area (Å²) in [6.45, 7) is 0.415. The molecule has 0 spiro atoms. The molecule has 3 nitrogen and oxygen atoms in total. The zero-order valence-corrected chi connectivity index (χ0v) is 14.2. The lowest BCUT2D eigenvalue weighted by atomic mass is 10.1. The second kappa shape index (κ2) is 7.95. The molecule has 0 radical (unpaired) electrons. The Balaban J connectivity index is 1.58. The zero-order chi connectivity index (χ0) is 19.3. The minimum Gasteiger partial charge on any atom is -0.489 e. The predicted molar refractivity (Wildman–Crippen MR) is 96.6 cm³/mol. The van der Waals surface area contributed by atoms with Crippen LogP contribution in [0.3, 0.4) is 0 Å². The number of alkyl halides is 3. The minimum absolute atomic E-state index is 0.289. The van der Waals surface area contributed by atoms with Crippen LogP contribution < -0.4 is 10.1 Å². The Morgan fingerprint density at radius 2 is 1.48 bits per heavy atom. The van der Waals surface area contributed by atoms with Crippen molar-refractivity contribution in [3.63, 3.8) is 0 Å². The van der Waals surface area contributed by atoms with Gasteiger partial charge in [0, 0.05) is 11.3 Å². The van der Waals surface area contributed by atoms with Crippen molar-refractivity contribution in [2.75, 3.05) is 5.32 Å². The quantitative estimate of drug-likeness (QED) is 0.640. The van der Waals surface area contributed by atoms with Gasteiger partial charge in [-0.1, -0.05) is 30.3 Å². The average molecular weight is 371 g/mol. The van der Waals surface area contributed by atoms with Gasteiger partial charge in [0.15, 0.2) is 0 Å². The molecule has 0 heterocycles. The van der Waals surface area contributed by atoms with Crippen LogP contribution in [0.25, 0.3) is 0 Å². The fraction of sp³-hybridized carbons (Fsp3) is 0.0952. The fourth-order valence-corrected chi connectivity index (χ4v) is 2.39. The number of hydrogen-bond acceptors (Lipinski definition) is 2. The van der Waals surface area contributed by atoms with Gasteiger partial charge in [-0.05, 0) is 54.1 Å². The number of rotatable bonds is 5. The molecule has 1 amide bonds. The standard InChI is InChI=1S/C21H16F3NO2/c22-21(23,24)17-8-10-18(11-9-17)25-20(26)16-6-12-19(13-7-16)27-14-15-4-2-1-3-5-15/h1-13H,14H2,(H,25,26). The molecule has 3 aromatic rings. The van der Waals surface area contributed by atoms with Gasteiger partial charge < -0.3 is 10.1 Å². The van der Waals surface area contributed by atoms with Crippen LogP contribution in [0, 0.1) is 0 Å². The Kier molecular flexibility index (Phi) is 5.45. The molecule has 0 aliphatic carbocycles. The number of amides is 1. The highest BCUT2D eigenvalue weighted by Crippen LogP contribution is 2.29. The van der Waals surface area contributed by atoms with Crippen LogP contribution in [0.2, 0.25) is 0 Å². The molecule has 0 aliphatic rings. The molecule has 3 aromatic carbocycles. The summed E-state index contributed by atoms with van der Waals surface area (Å²) in [5.41, 5.74) is 0.932. The van der Waals surface area contributed by atoms with E-state index in [0.717, 1.165) is 17.7 Å². The number of ether oxygens (including phenoxy) is 1. The molecule has 0 aromatic heterocycles. The predicted octanol–water partition coefficient (Wildman–Crippen LogP) is 5.54. The van der Waals surface area contributed by atoms with Gasteiger partial charge in [-0.3, -0.25) is 4.79 Å². The molecule has 1 N–H and O–H groups in total. The third-order valence-electron chi connectivity index (χ3n) is 3.83. The lowest BCUT2D eigenvalue weighted by Crippen LogP contribution is -2.12. The summed E-state index contributed by atoms with van der Waals surface area (Å²) in [6.07, 6.45) is -4.40. The number of carbonyl (C=O) groups excluding carboxylic acids is 1. The highest BCUT2D eigenvalue weighted by atomic mass is 19.4. The van der Waals surface area contributed by atoms with E-state index >= 15 is 0 Å². The SMILES string of the molecule is O=C(Nc1ccc(C(F)(F)F)cc1)c1ccc(OCc2ccccc2)cc1. The van der Waals surface area contributed by atoms with E-state index in [1.165, 1.54) is 12.1 Å². The van der Waals surface area contributed by atoms with E-state index in [1.807, 2.05) is 30.3 Å². The topological polar surface area (TPSA) is 38.3 Å². The maximum atomic E-state index is 12.6. The third-order valence-corrected chi connectivity index (χ3v) is 3.83. The lowest BCUT2D eigenvalue weighted by Gasteiger charge is -2.10. The van der Waals surface area contributed by atoms with Crippen LogP contribution >= 0.6 is 0 Å². The number of nitrogens with one attached hydrogen (secondary N) is 1. The van der Waals surface area contributed by atoms with Gasteiger partial charge >= 0.3 is 6.18 Å². The average Bonchev–Trinajstić information content (AvgIpc) is 2.67. The highest BCUT2D eigenvalue weighted by molar-refractivity contribution is 6.04. The largest absolute Gasteiger partial charge is 0.489 e. The van der Waals surface area contributed by atoms with E-state index in [2.05, 4.69) is 5.32 Å². The van der Waals surface area contributed by atoms with Crippen LogP contribution in [-0.4, -0.2) is 5.91 Å². The third kappa shape index (κ3) is 5.10. The van der Waals surface area contributed by atoms with Crippen molar-refractivity contribution < 1.29 is 22.7 Å². The summed E-state index contributed by atoms with van der Waals surface area (Å²) >= 11 is 0. The van der Waals surface area contributed by atoms with Gasteiger partial charge in [-0.15, -0.1) is 0 Å². The van der Waals surface area contributed by atoms with E-state index in [0.29, 0.717) is 17.9 Å². The first kappa shape index (κ1) is 18.5. The van der Waals surface area contributed by atoms with Crippen molar-refractivity contribution >= 4 is 11.6 Å². The number of halogens is 3. The van der Waals surface area contributed by atoms with Gasteiger partial charge in [0.05, 0.1) is 5.56 Å². The Morgan fingerprint density at radius 3 is 2.07 bits per heavy atom. The second-order valence-corrected chi connectivity index (χ2v) is 5.83. The number of benzene rings is 3. The molecule has 3 rings (SSSR count). The molecule has 138 valence electrons. The van der Waals surface area contributed by atoms with Crippen molar-refractivity contribution in [3.8, 4) is 5.75 Å². The molecule has 0 fully saturated rings. The maximum Gasteiger partial charge on any atom is 0.416 e. The van der Waals surface area contributed by atoms with E-state index in [4.69, 9.17) is 4.74 Å². The lowest BCUT2D eigenvalue weighted by molar-refractivity contribution is -0.137. The Morgan fingerprint density at radius 1 is 0.852 bits per heavy atom. The summed E-state index contributed by atoms with van der Waals surface area (Å²) in [6, 6.07) is 20.5. The number of anilines is 1. The molecule has 0 aliphatic heterocycles. The van der Waals surface area contributed by atoms with Gasteiger partial charge in [0.25, 0.3) is 5.91 Å². The molecule has 0 unspecified atom stereocenters. The van der Waals surface area contributed by atoms with Gasteiger partial charge in [-0.25, -0.2) is 0 Å². The summed E-state index contributed by atoms with van der Waals surface area (Å²) in [4.78, 5) is 12.2. The molecule has 0 atom stereocenters. The van der Waals surface area contributed by atoms with E-state index in [9.17, 15) is 18.0 Å². The van der Waals surface area contributed by atoms with Crippen molar-refractivity contribution in [2.24, 2.45) is 0 Å². The molecule has 0 bridgehead atoms. The molecule has 0 saturated heterocycles. The Hall–Kier alpha value is -3.28. The van der Waals surface area contributed by atoms with Gasteiger partial charge in [0.2, 0.25) is 0 Å². The highest BCUT2D eigenvalue weighted by Gasteiger charge is 2.29. The first-order valence-corrected chi connectivity index (χ1v) is 8.17. The van der Waals surface area contributed by atoms with Crippen molar-refractivity contribution in [2.45, 2.75) is 12.8 Å². The Bertz CT molecular complexity index is 889. The smallest absolute Gasteiger partial charge is 0.416 e. The summed E-state index contributed by atoms with van der Waals surface area (Å²) < 4.78 is 43.3. The molecular weight excluding hydrogens is 355 g/mol. The zero-order valence-electron chi connectivity index (χ0n) is 14.2. The number of hydrogen-bond donors (Lipinski definition) is 1. The normalized spacial score (nSPS) is 11.1.